The summed E-state index contributed by atoms with van der Waals surface area (Å²) in [6.45, 7) is 3.76. The molecule has 24 heavy (non-hydrogen) atoms. The van der Waals surface area contributed by atoms with Gasteiger partial charge in [0.05, 0.1) is 37.0 Å². The molecule has 4 rings (SSSR count). The molecule has 0 bridgehead atoms. The lowest BCUT2D eigenvalue weighted by Gasteiger charge is -2.30. The molecule has 0 aliphatic carbocycles. The highest BCUT2D eigenvalue weighted by Gasteiger charge is 2.15. The minimum absolute atomic E-state index is 0.00243. The van der Waals surface area contributed by atoms with Gasteiger partial charge in [0.1, 0.15) is 0 Å². The van der Waals surface area contributed by atoms with Gasteiger partial charge in [0, 0.05) is 18.8 Å². The van der Waals surface area contributed by atoms with E-state index in [1.807, 2.05) is 36.4 Å². The third kappa shape index (κ3) is 2.78. The molecule has 0 spiro atoms. The molecular weight excluding hydrogens is 302 g/mol. The third-order valence-electron chi connectivity index (χ3n) is 4.42. The molecule has 2 heterocycles. The maximum atomic E-state index is 12.7. The van der Waals surface area contributed by atoms with Gasteiger partial charge in [-0.05, 0) is 23.8 Å². The number of anilines is 1. The van der Waals surface area contributed by atoms with E-state index >= 15 is 0 Å². The highest BCUT2D eigenvalue weighted by atomic mass is 16.5. The first-order chi connectivity index (χ1) is 11.8. The van der Waals surface area contributed by atoms with Crippen molar-refractivity contribution in [2.45, 2.75) is 6.54 Å². The highest BCUT2D eigenvalue weighted by molar-refractivity contribution is 5.76. The number of para-hydroxylation sites is 2. The van der Waals surface area contributed by atoms with Crippen LogP contribution in [0.3, 0.4) is 0 Å². The number of ether oxygens (including phenoxy) is 1. The molecule has 3 aromatic rings. The zero-order valence-electron chi connectivity index (χ0n) is 13.4. The van der Waals surface area contributed by atoms with Crippen LogP contribution in [0.15, 0.2) is 59.7 Å². The zero-order valence-corrected chi connectivity index (χ0v) is 13.4. The van der Waals surface area contributed by atoms with Crippen molar-refractivity contribution in [1.82, 2.24) is 9.55 Å². The molecule has 1 aromatic heterocycles. The Hall–Kier alpha value is -2.66. The Kier molecular flexibility index (Phi) is 4.01. The van der Waals surface area contributed by atoms with Gasteiger partial charge in [-0.3, -0.25) is 9.36 Å². The van der Waals surface area contributed by atoms with Gasteiger partial charge in [-0.2, -0.15) is 0 Å². The summed E-state index contributed by atoms with van der Waals surface area (Å²) in [7, 11) is 0. The monoisotopic (exact) mass is 321 g/mol. The smallest absolute Gasteiger partial charge is 0.261 e. The maximum Gasteiger partial charge on any atom is 0.261 e. The molecule has 0 saturated carbocycles. The van der Waals surface area contributed by atoms with Gasteiger partial charge in [-0.15, -0.1) is 0 Å². The topological polar surface area (TPSA) is 47.4 Å². The van der Waals surface area contributed by atoms with E-state index in [-0.39, 0.29) is 5.56 Å². The summed E-state index contributed by atoms with van der Waals surface area (Å²) in [5, 5.41) is 0.656. The van der Waals surface area contributed by atoms with Crippen molar-refractivity contribution in [2.75, 3.05) is 31.2 Å². The normalized spacial score (nSPS) is 14.9. The number of aromatic nitrogens is 2. The largest absolute Gasteiger partial charge is 0.378 e. The van der Waals surface area contributed by atoms with E-state index in [1.165, 1.54) is 5.69 Å². The molecule has 0 unspecified atom stereocenters. The number of hydrogen-bond acceptors (Lipinski definition) is 4. The van der Waals surface area contributed by atoms with E-state index in [2.05, 4.69) is 22.0 Å². The van der Waals surface area contributed by atoms with E-state index in [0.29, 0.717) is 11.9 Å². The van der Waals surface area contributed by atoms with Crippen LogP contribution in [-0.4, -0.2) is 35.9 Å². The molecule has 0 amide bonds. The van der Waals surface area contributed by atoms with Gasteiger partial charge in [-0.1, -0.05) is 30.3 Å². The molecule has 2 aromatic carbocycles. The number of fused-ring (bicyclic) bond motifs is 1. The molecule has 5 nitrogen and oxygen atoms in total. The number of hydrogen-bond donors (Lipinski definition) is 0. The summed E-state index contributed by atoms with van der Waals surface area (Å²) in [6, 6.07) is 15.7. The van der Waals surface area contributed by atoms with Crippen molar-refractivity contribution in [3.63, 3.8) is 0 Å². The van der Waals surface area contributed by atoms with Crippen molar-refractivity contribution in [3.05, 3.63) is 70.8 Å². The van der Waals surface area contributed by atoms with Crippen molar-refractivity contribution in [2.24, 2.45) is 0 Å². The zero-order chi connectivity index (χ0) is 16.4. The number of morpholine rings is 1. The average molecular weight is 321 g/mol. The minimum atomic E-state index is -0.00243. The van der Waals surface area contributed by atoms with Crippen molar-refractivity contribution in [1.29, 1.82) is 0 Å². The second-order valence-corrected chi connectivity index (χ2v) is 5.92. The first-order valence-corrected chi connectivity index (χ1v) is 8.18. The molecule has 122 valence electrons. The summed E-state index contributed by atoms with van der Waals surface area (Å²) in [5.41, 5.74) is 3.03. The summed E-state index contributed by atoms with van der Waals surface area (Å²) < 4.78 is 7.12. The quantitative estimate of drug-likeness (QED) is 0.742. The molecule has 1 saturated heterocycles. The fourth-order valence-electron chi connectivity index (χ4n) is 3.16. The fourth-order valence-corrected chi connectivity index (χ4v) is 3.16. The van der Waals surface area contributed by atoms with Crippen LogP contribution in [0.4, 0.5) is 5.69 Å². The van der Waals surface area contributed by atoms with E-state index in [9.17, 15) is 4.79 Å². The van der Waals surface area contributed by atoms with E-state index in [4.69, 9.17) is 4.74 Å². The SMILES string of the molecule is O=c1c2ccccc2ncn1Cc1ccccc1N1CCOCC1. The second-order valence-electron chi connectivity index (χ2n) is 5.92. The Morgan fingerprint density at radius 3 is 2.62 bits per heavy atom. The number of rotatable bonds is 3. The Balaban J connectivity index is 1.71. The van der Waals surface area contributed by atoms with Crippen LogP contribution in [0, 0.1) is 0 Å². The summed E-state index contributed by atoms with van der Waals surface area (Å²) in [5.74, 6) is 0. The standard InChI is InChI=1S/C19H19N3O2/c23-19-16-6-2-3-7-17(16)20-14-22(19)13-15-5-1-4-8-18(15)21-9-11-24-12-10-21/h1-8,14H,9-13H2. The Morgan fingerprint density at radius 1 is 1.00 bits per heavy atom. The van der Waals surface area contributed by atoms with Crippen LogP contribution in [-0.2, 0) is 11.3 Å². The van der Waals surface area contributed by atoms with Gasteiger partial charge in [-0.25, -0.2) is 4.98 Å². The lowest BCUT2D eigenvalue weighted by molar-refractivity contribution is 0.122. The molecular formula is C19H19N3O2. The number of nitrogens with zero attached hydrogens (tertiary/aromatic N) is 3. The maximum absolute atomic E-state index is 12.7. The summed E-state index contributed by atoms with van der Waals surface area (Å²) in [4.78, 5) is 19.4. The first-order valence-electron chi connectivity index (χ1n) is 8.18. The van der Waals surface area contributed by atoms with Gasteiger partial charge in [0.25, 0.3) is 5.56 Å². The molecule has 5 heteroatoms. The molecule has 0 N–H and O–H groups in total. The van der Waals surface area contributed by atoms with Crippen LogP contribution in [0.5, 0.6) is 0 Å². The summed E-state index contributed by atoms with van der Waals surface area (Å²) >= 11 is 0. The van der Waals surface area contributed by atoms with E-state index in [0.717, 1.165) is 37.4 Å². The van der Waals surface area contributed by atoms with Crippen molar-refractivity contribution >= 4 is 16.6 Å². The van der Waals surface area contributed by atoms with Crippen molar-refractivity contribution < 1.29 is 4.74 Å². The van der Waals surface area contributed by atoms with Gasteiger partial charge in [0.2, 0.25) is 0 Å². The third-order valence-corrected chi connectivity index (χ3v) is 4.42. The molecule has 1 aliphatic rings. The van der Waals surface area contributed by atoms with Crippen molar-refractivity contribution in [3.8, 4) is 0 Å². The Bertz CT molecular complexity index is 914. The predicted molar refractivity (Wildman–Crippen MR) is 94.6 cm³/mol. The van der Waals surface area contributed by atoms with E-state index in [1.54, 1.807) is 10.9 Å². The average Bonchev–Trinajstić information content (AvgIpc) is 2.65. The molecule has 1 fully saturated rings. The highest BCUT2D eigenvalue weighted by Crippen LogP contribution is 2.22. The minimum Gasteiger partial charge on any atom is -0.378 e. The molecule has 0 atom stereocenters. The van der Waals surface area contributed by atoms with Gasteiger partial charge < -0.3 is 9.64 Å². The summed E-state index contributed by atoms with van der Waals surface area (Å²) in [6.07, 6.45) is 1.64. The van der Waals surface area contributed by atoms with Crippen LogP contribution >= 0.6 is 0 Å². The lowest BCUT2D eigenvalue weighted by atomic mass is 10.1. The van der Waals surface area contributed by atoms with Crippen LogP contribution in [0.25, 0.3) is 10.9 Å². The van der Waals surface area contributed by atoms with Gasteiger partial charge >= 0.3 is 0 Å². The fraction of sp³-hybridized carbons (Fsp3) is 0.263. The Morgan fingerprint density at radius 2 is 1.75 bits per heavy atom. The van der Waals surface area contributed by atoms with Crippen LogP contribution in [0.1, 0.15) is 5.56 Å². The molecule has 1 aliphatic heterocycles. The number of benzene rings is 2. The first kappa shape index (κ1) is 14.9. The van der Waals surface area contributed by atoms with E-state index < -0.39 is 0 Å². The molecule has 0 radical (unpaired) electrons. The van der Waals surface area contributed by atoms with Crippen LogP contribution < -0.4 is 10.5 Å². The lowest BCUT2D eigenvalue weighted by Crippen LogP contribution is -2.37. The second kappa shape index (κ2) is 6.45. The predicted octanol–water partition coefficient (Wildman–Crippen LogP) is 2.28. The van der Waals surface area contributed by atoms with Gasteiger partial charge in [0.15, 0.2) is 0 Å². The van der Waals surface area contributed by atoms with Crippen LogP contribution in [0.2, 0.25) is 0 Å². The Labute approximate surface area is 140 Å².